The largest absolute Gasteiger partial charge is 0.492 e. The van der Waals surface area contributed by atoms with Crippen molar-refractivity contribution in [2.24, 2.45) is 0 Å². The fourth-order valence-electron chi connectivity index (χ4n) is 3.84. The number of fused-ring (bicyclic) bond motifs is 2. The molecule has 10 nitrogen and oxygen atoms in total. The first-order valence-electron chi connectivity index (χ1n) is 13.0. The maximum atomic E-state index is 12.7. The molecule has 3 aliphatic heterocycles. The third-order valence-corrected chi connectivity index (χ3v) is 6.00. The van der Waals surface area contributed by atoms with Crippen LogP contribution in [-0.4, -0.2) is 71.8 Å². The van der Waals surface area contributed by atoms with Gasteiger partial charge in [0.25, 0.3) is 5.91 Å². The zero-order valence-electron chi connectivity index (χ0n) is 22.1. The molecule has 0 aliphatic carbocycles. The quantitative estimate of drug-likeness (QED) is 0.421. The van der Waals surface area contributed by atoms with Gasteiger partial charge >= 0.3 is 12.2 Å². The van der Waals surface area contributed by atoms with Crippen molar-refractivity contribution in [3.05, 3.63) is 59.7 Å². The third kappa shape index (κ3) is 9.56. The van der Waals surface area contributed by atoms with Crippen molar-refractivity contribution < 1.29 is 27.4 Å². The number of halogens is 3. The van der Waals surface area contributed by atoms with E-state index in [0.717, 1.165) is 43.7 Å². The van der Waals surface area contributed by atoms with E-state index in [0.29, 0.717) is 30.9 Å². The first-order valence-corrected chi connectivity index (χ1v) is 13.0. The second kappa shape index (κ2) is 13.8. The number of likely N-dealkylation sites (N-methyl/N-ethyl adjacent to an activating group) is 1. The van der Waals surface area contributed by atoms with Crippen molar-refractivity contribution in [1.29, 1.82) is 0 Å². The van der Waals surface area contributed by atoms with Crippen LogP contribution in [0, 0.1) is 0 Å². The maximum Gasteiger partial charge on any atom is 0.422 e. The number of anilines is 3. The number of alkyl halides is 3. The van der Waals surface area contributed by atoms with E-state index in [9.17, 15) is 18.0 Å². The van der Waals surface area contributed by atoms with E-state index in [4.69, 9.17) is 9.47 Å². The lowest BCUT2D eigenvalue weighted by Gasteiger charge is -2.17. The highest BCUT2D eigenvalue weighted by Crippen LogP contribution is 2.21. The summed E-state index contributed by atoms with van der Waals surface area (Å²) in [4.78, 5) is 26.9. The van der Waals surface area contributed by atoms with Gasteiger partial charge in [0.05, 0.1) is 0 Å². The Kier molecular flexibility index (Phi) is 9.95. The van der Waals surface area contributed by atoms with Crippen LogP contribution in [0.1, 0.15) is 35.2 Å². The van der Waals surface area contributed by atoms with E-state index < -0.39 is 18.8 Å². The Morgan fingerprint density at radius 3 is 2.42 bits per heavy atom. The molecule has 0 radical (unpaired) electrons. The molecule has 1 aromatic heterocycles. The van der Waals surface area contributed by atoms with E-state index in [1.165, 1.54) is 0 Å². The minimum atomic E-state index is -4.55. The van der Waals surface area contributed by atoms with Crippen molar-refractivity contribution in [2.75, 3.05) is 50.5 Å². The smallest absolute Gasteiger partial charge is 0.422 e. The van der Waals surface area contributed by atoms with Crippen molar-refractivity contribution in [2.45, 2.75) is 32.0 Å². The molecular formula is C27H32F3N7O3. The second-order valence-corrected chi connectivity index (χ2v) is 9.34. The molecule has 6 rings (SSSR count). The van der Waals surface area contributed by atoms with Crippen LogP contribution >= 0.6 is 0 Å². The summed E-state index contributed by atoms with van der Waals surface area (Å²) in [5.41, 5.74) is 1.89. The van der Waals surface area contributed by atoms with Crippen molar-refractivity contribution in [1.82, 2.24) is 25.2 Å². The Bertz CT molecular complexity index is 1240. The van der Waals surface area contributed by atoms with Gasteiger partial charge in [-0.3, -0.25) is 4.79 Å². The summed E-state index contributed by atoms with van der Waals surface area (Å²) in [6.07, 6.45) is -1.67. The van der Waals surface area contributed by atoms with Crippen molar-refractivity contribution in [3.8, 4) is 11.8 Å². The average molecular weight is 560 g/mol. The second-order valence-electron chi connectivity index (χ2n) is 9.34. The maximum absolute atomic E-state index is 12.7. The first kappa shape index (κ1) is 28.9. The molecular weight excluding hydrogens is 527 g/mol. The number of aromatic nitrogens is 3. The minimum absolute atomic E-state index is 0.0221. The van der Waals surface area contributed by atoms with Crippen LogP contribution in [0.3, 0.4) is 0 Å². The monoisotopic (exact) mass is 559 g/mol. The average Bonchev–Trinajstić information content (AvgIpc) is 2.93. The van der Waals surface area contributed by atoms with Crippen LogP contribution in [0.2, 0.25) is 0 Å². The Morgan fingerprint density at radius 1 is 0.925 bits per heavy atom. The molecule has 0 saturated heterocycles. The molecule has 3 aromatic rings. The van der Waals surface area contributed by atoms with Gasteiger partial charge in [0.2, 0.25) is 11.9 Å². The Balaban J connectivity index is 1.52. The van der Waals surface area contributed by atoms with Crippen LogP contribution in [0.15, 0.2) is 48.5 Å². The lowest BCUT2D eigenvalue weighted by atomic mass is 10.2. The lowest BCUT2D eigenvalue weighted by Crippen LogP contribution is -2.26. The predicted molar refractivity (Wildman–Crippen MR) is 144 cm³/mol. The van der Waals surface area contributed by atoms with Crippen LogP contribution < -0.4 is 25.4 Å². The van der Waals surface area contributed by atoms with Gasteiger partial charge in [-0.1, -0.05) is 18.6 Å². The highest BCUT2D eigenvalue weighted by Gasteiger charge is 2.29. The molecule has 6 bridgehead atoms. The van der Waals surface area contributed by atoms with E-state index >= 15 is 0 Å². The predicted octanol–water partition coefficient (Wildman–Crippen LogP) is 4.39. The Labute approximate surface area is 230 Å². The minimum Gasteiger partial charge on any atom is -0.492 e. The molecule has 0 saturated carbocycles. The Morgan fingerprint density at radius 2 is 1.68 bits per heavy atom. The number of benzene rings is 2. The van der Waals surface area contributed by atoms with Gasteiger partial charge in [0.15, 0.2) is 6.61 Å². The third-order valence-electron chi connectivity index (χ3n) is 6.00. The molecule has 214 valence electrons. The number of amides is 1. The van der Waals surface area contributed by atoms with Gasteiger partial charge in [0, 0.05) is 30.9 Å². The Hall–Kier alpha value is -4.13. The standard InChI is InChI=1S/C27H32F3N7O3/c1-37-14-4-2-3-13-31-23(38)20-7-9-21(10-8-20)33-25-34-24(35-26(36-25)40-18-27(28,29)30)32-17-19-5-11-22(12-6-19)39-16-15-37/h5-12H,2-4,13-18H2,1H3,(H,31,38)(H2,32,33,34,35,36). The van der Waals surface area contributed by atoms with Gasteiger partial charge in [0.1, 0.15) is 12.4 Å². The molecule has 4 heterocycles. The van der Waals surface area contributed by atoms with E-state index in [-0.39, 0.29) is 17.8 Å². The number of hydrogen-bond acceptors (Lipinski definition) is 9. The SMILES string of the molecule is CN1CCCCCNC(=O)c2ccc(cc2)Nc2nc(nc(OCC(F)(F)F)n2)NCc2ccc(cc2)OCC1. The number of hydrogen-bond donors (Lipinski definition) is 3. The number of ether oxygens (including phenoxy) is 2. The van der Waals surface area contributed by atoms with E-state index in [2.05, 4.69) is 42.8 Å². The van der Waals surface area contributed by atoms with Crippen molar-refractivity contribution in [3.63, 3.8) is 0 Å². The summed E-state index contributed by atoms with van der Waals surface area (Å²) in [7, 11) is 2.05. The topological polar surface area (TPSA) is 114 Å². The highest BCUT2D eigenvalue weighted by molar-refractivity contribution is 5.94. The van der Waals surface area contributed by atoms with Gasteiger partial charge in [-0.25, -0.2) is 0 Å². The van der Waals surface area contributed by atoms with Crippen molar-refractivity contribution >= 4 is 23.5 Å². The summed E-state index contributed by atoms with van der Waals surface area (Å²) >= 11 is 0. The van der Waals surface area contributed by atoms with Gasteiger partial charge < -0.3 is 30.3 Å². The van der Waals surface area contributed by atoms with Gasteiger partial charge in [-0.15, -0.1) is 0 Å². The zero-order chi connectivity index (χ0) is 28.4. The summed E-state index contributed by atoms with van der Waals surface area (Å²) in [6.45, 7) is 1.60. The summed E-state index contributed by atoms with van der Waals surface area (Å²) in [5, 5.41) is 8.84. The molecule has 40 heavy (non-hydrogen) atoms. The van der Waals surface area contributed by atoms with Crippen LogP contribution in [0.25, 0.3) is 0 Å². The fourth-order valence-corrected chi connectivity index (χ4v) is 3.84. The van der Waals surface area contributed by atoms with Crippen LogP contribution in [0.4, 0.5) is 30.8 Å². The molecule has 2 aromatic carbocycles. The van der Waals surface area contributed by atoms with Gasteiger partial charge in [-0.05, 0) is 68.4 Å². The molecule has 0 spiro atoms. The van der Waals surface area contributed by atoms with E-state index in [1.807, 2.05) is 24.3 Å². The fraction of sp³-hybridized carbons (Fsp3) is 0.407. The number of nitrogens with one attached hydrogen (secondary N) is 3. The molecule has 0 unspecified atom stereocenters. The zero-order valence-corrected chi connectivity index (χ0v) is 22.1. The molecule has 3 N–H and O–H groups in total. The van der Waals surface area contributed by atoms with Gasteiger partial charge in [-0.2, -0.15) is 28.1 Å². The number of carbonyl (C=O) groups excluding carboxylic acids is 1. The number of rotatable bonds is 2. The number of nitrogens with zero attached hydrogens (tertiary/aromatic N) is 4. The van der Waals surface area contributed by atoms with Crippen LogP contribution in [-0.2, 0) is 6.54 Å². The number of carbonyl (C=O) groups is 1. The van der Waals surface area contributed by atoms with E-state index in [1.54, 1.807) is 24.3 Å². The molecule has 13 heteroatoms. The normalized spacial score (nSPS) is 16.1. The lowest BCUT2D eigenvalue weighted by molar-refractivity contribution is -0.154. The molecule has 3 aliphatic rings. The van der Waals surface area contributed by atoms with Crippen LogP contribution in [0.5, 0.6) is 11.8 Å². The first-order chi connectivity index (χ1) is 19.2. The molecule has 1 amide bonds. The summed E-state index contributed by atoms with van der Waals surface area (Å²) in [6, 6.07) is 13.6. The molecule has 0 fully saturated rings. The highest BCUT2D eigenvalue weighted by atomic mass is 19.4. The summed E-state index contributed by atoms with van der Waals surface area (Å²) in [5.74, 6) is 0.553. The molecule has 0 atom stereocenters. The summed E-state index contributed by atoms with van der Waals surface area (Å²) < 4.78 is 48.8.